The number of aromatic nitrogens is 1. The van der Waals surface area contributed by atoms with Gasteiger partial charge in [-0.15, -0.1) is 0 Å². The number of rotatable bonds is 1. The van der Waals surface area contributed by atoms with E-state index in [1.165, 1.54) is 5.56 Å². The Labute approximate surface area is 98.3 Å². The average molecular weight is 225 g/mol. The number of aryl methyl sites for hydroxylation is 1. The van der Waals surface area contributed by atoms with E-state index in [-0.39, 0.29) is 5.75 Å². The van der Waals surface area contributed by atoms with Gasteiger partial charge in [-0.2, -0.15) is 0 Å². The lowest BCUT2D eigenvalue weighted by Crippen LogP contribution is -1.79. The van der Waals surface area contributed by atoms with Crippen molar-refractivity contribution >= 4 is 11.0 Å². The average Bonchev–Trinajstić information content (AvgIpc) is 2.72. The second kappa shape index (κ2) is 3.63. The highest BCUT2D eigenvalue weighted by Crippen LogP contribution is 2.31. The van der Waals surface area contributed by atoms with Crippen LogP contribution in [0.5, 0.6) is 5.75 Å². The Balaban J connectivity index is 2.22. The van der Waals surface area contributed by atoms with Crippen LogP contribution in [0.4, 0.5) is 0 Å². The molecular formula is C14H11NO2. The Bertz CT molecular complexity index is 686. The SMILES string of the molecule is Cc1ccc2oc(-c3ncccc3O)cc2c1. The van der Waals surface area contributed by atoms with Crippen molar-refractivity contribution in [3.05, 3.63) is 48.2 Å². The van der Waals surface area contributed by atoms with Crippen LogP contribution in [0.15, 0.2) is 47.0 Å². The summed E-state index contributed by atoms with van der Waals surface area (Å²) >= 11 is 0. The smallest absolute Gasteiger partial charge is 0.157 e. The van der Waals surface area contributed by atoms with Gasteiger partial charge in [0, 0.05) is 11.6 Å². The highest BCUT2D eigenvalue weighted by Gasteiger charge is 2.10. The molecule has 0 aliphatic carbocycles. The molecule has 0 fully saturated rings. The molecule has 0 saturated heterocycles. The van der Waals surface area contributed by atoms with E-state index in [4.69, 9.17) is 4.42 Å². The van der Waals surface area contributed by atoms with E-state index in [0.29, 0.717) is 11.5 Å². The molecule has 0 aliphatic rings. The maximum atomic E-state index is 9.72. The van der Waals surface area contributed by atoms with Crippen LogP contribution >= 0.6 is 0 Å². The zero-order valence-electron chi connectivity index (χ0n) is 9.34. The first-order valence-corrected chi connectivity index (χ1v) is 5.38. The van der Waals surface area contributed by atoms with Crippen molar-refractivity contribution in [3.63, 3.8) is 0 Å². The molecule has 1 aromatic carbocycles. The summed E-state index contributed by atoms with van der Waals surface area (Å²) in [4.78, 5) is 4.12. The molecule has 0 aliphatic heterocycles. The number of fused-ring (bicyclic) bond motifs is 1. The standard InChI is InChI=1S/C14H11NO2/c1-9-4-5-12-10(7-9)8-13(17-12)14-11(16)3-2-6-15-14/h2-8,16H,1H3. The summed E-state index contributed by atoms with van der Waals surface area (Å²) < 4.78 is 5.67. The number of hydrogen-bond donors (Lipinski definition) is 1. The van der Waals surface area contributed by atoms with Crippen molar-refractivity contribution < 1.29 is 9.52 Å². The molecule has 0 unspecified atom stereocenters. The Morgan fingerprint density at radius 1 is 1.18 bits per heavy atom. The molecular weight excluding hydrogens is 214 g/mol. The van der Waals surface area contributed by atoms with Crippen LogP contribution < -0.4 is 0 Å². The molecule has 0 spiro atoms. The van der Waals surface area contributed by atoms with Gasteiger partial charge in [-0.25, -0.2) is 4.98 Å². The number of pyridine rings is 1. The summed E-state index contributed by atoms with van der Waals surface area (Å²) in [6.07, 6.45) is 1.63. The first-order valence-electron chi connectivity index (χ1n) is 5.38. The van der Waals surface area contributed by atoms with Crippen LogP contribution in [0.25, 0.3) is 22.4 Å². The van der Waals surface area contributed by atoms with E-state index in [1.807, 2.05) is 31.2 Å². The van der Waals surface area contributed by atoms with Crippen molar-refractivity contribution in [2.75, 3.05) is 0 Å². The van der Waals surface area contributed by atoms with Crippen LogP contribution in [0.3, 0.4) is 0 Å². The highest BCUT2D eigenvalue weighted by molar-refractivity contribution is 5.83. The van der Waals surface area contributed by atoms with Gasteiger partial charge in [-0.05, 0) is 37.3 Å². The van der Waals surface area contributed by atoms with E-state index in [9.17, 15) is 5.11 Å². The van der Waals surface area contributed by atoms with Gasteiger partial charge in [-0.3, -0.25) is 0 Å². The third-order valence-corrected chi connectivity index (χ3v) is 2.69. The molecule has 3 heteroatoms. The monoisotopic (exact) mass is 225 g/mol. The van der Waals surface area contributed by atoms with E-state index < -0.39 is 0 Å². The topological polar surface area (TPSA) is 46.3 Å². The van der Waals surface area contributed by atoms with Crippen LogP contribution in [-0.4, -0.2) is 10.1 Å². The fourth-order valence-electron chi connectivity index (χ4n) is 1.87. The fourth-order valence-corrected chi connectivity index (χ4v) is 1.87. The van der Waals surface area contributed by atoms with Crippen LogP contribution in [0.1, 0.15) is 5.56 Å². The molecule has 2 aromatic heterocycles. The van der Waals surface area contributed by atoms with Crippen molar-refractivity contribution in [3.8, 4) is 17.2 Å². The lowest BCUT2D eigenvalue weighted by atomic mass is 10.2. The van der Waals surface area contributed by atoms with Gasteiger partial charge in [0.2, 0.25) is 0 Å². The minimum atomic E-state index is 0.128. The summed E-state index contributed by atoms with van der Waals surface area (Å²) in [5.74, 6) is 0.715. The number of benzene rings is 1. The Hall–Kier alpha value is -2.29. The fraction of sp³-hybridized carbons (Fsp3) is 0.0714. The largest absolute Gasteiger partial charge is 0.506 e. The van der Waals surface area contributed by atoms with Gasteiger partial charge in [0.05, 0.1) is 0 Å². The third-order valence-electron chi connectivity index (χ3n) is 2.69. The molecule has 3 nitrogen and oxygen atoms in total. The molecule has 0 radical (unpaired) electrons. The van der Waals surface area contributed by atoms with Crippen molar-refractivity contribution in [1.29, 1.82) is 0 Å². The van der Waals surface area contributed by atoms with E-state index in [1.54, 1.807) is 18.3 Å². The minimum absolute atomic E-state index is 0.128. The first kappa shape index (κ1) is 9.90. The number of aromatic hydroxyl groups is 1. The molecule has 2 heterocycles. The highest BCUT2D eigenvalue weighted by atomic mass is 16.3. The summed E-state index contributed by atoms with van der Waals surface area (Å²) in [5, 5.41) is 10.7. The van der Waals surface area contributed by atoms with Gasteiger partial charge in [0.1, 0.15) is 17.0 Å². The normalized spacial score (nSPS) is 10.9. The molecule has 1 N–H and O–H groups in total. The second-order valence-electron chi connectivity index (χ2n) is 4.02. The van der Waals surface area contributed by atoms with Crippen LogP contribution in [0.2, 0.25) is 0 Å². The summed E-state index contributed by atoms with van der Waals surface area (Å²) in [6, 6.07) is 11.1. The predicted octanol–water partition coefficient (Wildman–Crippen LogP) is 3.51. The summed E-state index contributed by atoms with van der Waals surface area (Å²) in [7, 11) is 0. The molecule has 0 saturated carbocycles. The number of furan rings is 1. The lowest BCUT2D eigenvalue weighted by Gasteiger charge is -1.97. The zero-order valence-corrected chi connectivity index (χ0v) is 9.34. The van der Waals surface area contributed by atoms with Gasteiger partial charge >= 0.3 is 0 Å². The van der Waals surface area contributed by atoms with Crippen LogP contribution in [-0.2, 0) is 0 Å². The van der Waals surface area contributed by atoms with Crippen molar-refractivity contribution in [2.24, 2.45) is 0 Å². The van der Waals surface area contributed by atoms with E-state index >= 15 is 0 Å². The van der Waals surface area contributed by atoms with Gasteiger partial charge in [-0.1, -0.05) is 11.6 Å². The number of nitrogens with zero attached hydrogens (tertiary/aromatic N) is 1. The molecule has 3 aromatic rings. The van der Waals surface area contributed by atoms with Crippen molar-refractivity contribution in [2.45, 2.75) is 6.92 Å². The van der Waals surface area contributed by atoms with E-state index in [2.05, 4.69) is 4.98 Å². The molecule has 0 amide bonds. The molecule has 0 bridgehead atoms. The Kier molecular flexibility index (Phi) is 2.11. The van der Waals surface area contributed by atoms with Crippen molar-refractivity contribution in [1.82, 2.24) is 4.98 Å². The lowest BCUT2D eigenvalue weighted by molar-refractivity contribution is 0.472. The molecule has 84 valence electrons. The maximum Gasteiger partial charge on any atom is 0.157 e. The quantitative estimate of drug-likeness (QED) is 0.689. The number of hydrogen-bond acceptors (Lipinski definition) is 3. The Morgan fingerprint density at radius 2 is 2.06 bits per heavy atom. The Morgan fingerprint density at radius 3 is 2.88 bits per heavy atom. The molecule has 3 rings (SSSR count). The predicted molar refractivity (Wildman–Crippen MR) is 65.8 cm³/mol. The minimum Gasteiger partial charge on any atom is -0.506 e. The first-order chi connectivity index (χ1) is 8.24. The van der Waals surface area contributed by atoms with Gasteiger partial charge < -0.3 is 9.52 Å². The van der Waals surface area contributed by atoms with Gasteiger partial charge in [0.15, 0.2) is 5.76 Å². The summed E-state index contributed by atoms with van der Waals surface area (Å²) in [5.41, 5.74) is 2.45. The molecule has 0 atom stereocenters. The van der Waals surface area contributed by atoms with E-state index in [0.717, 1.165) is 11.0 Å². The second-order valence-corrected chi connectivity index (χ2v) is 4.02. The molecule has 17 heavy (non-hydrogen) atoms. The zero-order chi connectivity index (χ0) is 11.8. The van der Waals surface area contributed by atoms with Gasteiger partial charge in [0.25, 0.3) is 0 Å². The third kappa shape index (κ3) is 1.65. The maximum absolute atomic E-state index is 9.72. The van der Waals surface area contributed by atoms with Crippen LogP contribution in [0, 0.1) is 6.92 Å². The summed E-state index contributed by atoms with van der Waals surface area (Å²) in [6.45, 7) is 2.03.